The number of aryl methyl sites for hydroxylation is 1. The third kappa shape index (κ3) is 5.20. The van der Waals surface area contributed by atoms with Crippen molar-refractivity contribution < 1.29 is 22.5 Å². The summed E-state index contributed by atoms with van der Waals surface area (Å²) in [5.74, 6) is -2.00. The van der Waals surface area contributed by atoms with E-state index in [0.29, 0.717) is 18.5 Å². The quantitative estimate of drug-likeness (QED) is 0.383. The van der Waals surface area contributed by atoms with Crippen molar-refractivity contribution in [1.29, 1.82) is 0 Å². The van der Waals surface area contributed by atoms with E-state index in [2.05, 4.69) is 25.0 Å². The number of nitrogens with one attached hydrogen (secondary N) is 1. The van der Waals surface area contributed by atoms with Crippen molar-refractivity contribution in [3.05, 3.63) is 76.4 Å². The Bertz CT molecular complexity index is 1210. The Labute approximate surface area is 185 Å². The minimum atomic E-state index is -4.72. The van der Waals surface area contributed by atoms with Crippen molar-refractivity contribution in [3.63, 3.8) is 0 Å². The first-order valence-electron chi connectivity index (χ1n) is 9.69. The molecule has 2 aromatic carbocycles. The standard InChI is InChI=1S/C22H17F3N4O2S/c23-22(24,25)21-28-19(29-31-21)15-8-4-9-16(12-15)20(30)26-11-5-10-18-27-17(13-32-18)14-6-2-1-3-7-14/h1-4,6-9,12-13H,5,10-11H2,(H,26,30). The molecule has 164 valence electrons. The molecule has 32 heavy (non-hydrogen) atoms. The second-order valence-electron chi connectivity index (χ2n) is 6.85. The highest BCUT2D eigenvalue weighted by molar-refractivity contribution is 7.09. The van der Waals surface area contributed by atoms with Gasteiger partial charge in [0, 0.05) is 35.0 Å². The van der Waals surface area contributed by atoms with E-state index in [1.165, 1.54) is 12.1 Å². The fourth-order valence-corrected chi connectivity index (χ4v) is 3.82. The second kappa shape index (κ2) is 9.31. The Kier molecular flexibility index (Phi) is 6.31. The van der Waals surface area contributed by atoms with Crippen LogP contribution < -0.4 is 5.32 Å². The molecule has 4 rings (SSSR count). The molecule has 2 aromatic heterocycles. The van der Waals surface area contributed by atoms with Gasteiger partial charge in [-0.2, -0.15) is 18.2 Å². The van der Waals surface area contributed by atoms with E-state index in [4.69, 9.17) is 0 Å². The molecule has 0 atom stereocenters. The number of nitrogens with zero attached hydrogens (tertiary/aromatic N) is 3. The van der Waals surface area contributed by atoms with Crippen molar-refractivity contribution in [3.8, 4) is 22.6 Å². The van der Waals surface area contributed by atoms with Gasteiger partial charge < -0.3 is 9.84 Å². The highest BCUT2D eigenvalue weighted by Crippen LogP contribution is 2.29. The highest BCUT2D eigenvalue weighted by Gasteiger charge is 2.38. The topological polar surface area (TPSA) is 80.9 Å². The lowest BCUT2D eigenvalue weighted by molar-refractivity contribution is -0.159. The Balaban J connectivity index is 1.31. The van der Waals surface area contributed by atoms with Crippen LogP contribution in [0.15, 0.2) is 64.5 Å². The van der Waals surface area contributed by atoms with Crippen LogP contribution in [0.3, 0.4) is 0 Å². The van der Waals surface area contributed by atoms with E-state index in [-0.39, 0.29) is 17.3 Å². The van der Waals surface area contributed by atoms with Crippen molar-refractivity contribution in [1.82, 2.24) is 20.4 Å². The Morgan fingerprint density at radius 1 is 1.03 bits per heavy atom. The number of halogens is 3. The molecule has 0 bridgehead atoms. The van der Waals surface area contributed by atoms with Gasteiger partial charge >= 0.3 is 12.1 Å². The van der Waals surface area contributed by atoms with Gasteiger partial charge in [0.25, 0.3) is 5.91 Å². The van der Waals surface area contributed by atoms with Gasteiger partial charge in [0.05, 0.1) is 10.7 Å². The van der Waals surface area contributed by atoms with Crippen LogP contribution in [0.2, 0.25) is 0 Å². The number of amides is 1. The van der Waals surface area contributed by atoms with Crippen LogP contribution in [0.4, 0.5) is 13.2 Å². The summed E-state index contributed by atoms with van der Waals surface area (Å²) in [7, 11) is 0. The maximum Gasteiger partial charge on any atom is 0.471 e. The largest absolute Gasteiger partial charge is 0.471 e. The molecule has 2 heterocycles. The number of thiazole rings is 1. The third-order valence-electron chi connectivity index (χ3n) is 4.53. The fourth-order valence-electron chi connectivity index (χ4n) is 2.97. The van der Waals surface area contributed by atoms with Crippen LogP contribution in [0.25, 0.3) is 22.6 Å². The summed E-state index contributed by atoms with van der Waals surface area (Å²) in [6.07, 6.45) is -3.30. The van der Waals surface area contributed by atoms with Crippen molar-refractivity contribution in [2.45, 2.75) is 19.0 Å². The maximum absolute atomic E-state index is 12.6. The van der Waals surface area contributed by atoms with Crippen LogP contribution in [0, 0.1) is 0 Å². The summed E-state index contributed by atoms with van der Waals surface area (Å²) >= 11 is 1.58. The Morgan fingerprint density at radius 3 is 2.56 bits per heavy atom. The molecule has 0 unspecified atom stereocenters. The number of hydrogen-bond acceptors (Lipinski definition) is 6. The average molecular weight is 458 g/mol. The summed E-state index contributed by atoms with van der Waals surface area (Å²) in [5, 5.41) is 9.15. The van der Waals surface area contributed by atoms with Crippen LogP contribution in [0.1, 0.15) is 27.7 Å². The van der Waals surface area contributed by atoms with Crippen LogP contribution >= 0.6 is 11.3 Å². The van der Waals surface area contributed by atoms with E-state index in [1.54, 1.807) is 23.5 Å². The molecule has 0 spiro atoms. The first-order valence-corrected chi connectivity index (χ1v) is 10.6. The number of alkyl halides is 3. The molecule has 0 aliphatic carbocycles. The molecule has 1 amide bonds. The number of carbonyl (C=O) groups is 1. The third-order valence-corrected chi connectivity index (χ3v) is 5.43. The van der Waals surface area contributed by atoms with Crippen molar-refractivity contribution in [2.24, 2.45) is 0 Å². The van der Waals surface area contributed by atoms with Gasteiger partial charge in [-0.25, -0.2) is 4.98 Å². The van der Waals surface area contributed by atoms with E-state index >= 15 is 0 Å². The predicted octanol–water partition coefficient (Wildman–Crippen LogP) is 5.24. The van der Waals surface area contributed by atoms with Gasteiger partial charge in [-0.3, -0.25) is 4.79 Å². The molecular weight excluding hydrogens is 441 g/mol. The van der Waals surface area contributed by atoms with Crippen molar-refractivity contribution >= 4 is 17.2 Å². The summed E-state index contributed by atoms with van der Waals surface area (Å²) in [4.78, 5) is 20.4. The molecule has 0 aliphatic rings. The number of hydrogen-bond donors (Lipinski definition) is 1. The molecule has 10 heteroatoms. The summed E-state index contributed by atoms with van der Waals surface area (Å²) in [6, 6.07) is 15.9. The molecule has 0 saturated carbocycles. The first-order chi connectivity index (χ1) is 15.4. The van der Waals surface area contributed by atoms with Crippen LogP contribution in [0.5, 0.6) is 0 Å². The molecular formula is C22H17F3N4O2S. The zero-order chi connectivity index (χ0) is 22.6. The summed E-state index contributed by atoms with van der Waals surface area (Å²) in [6.45, 7) is 0.434. The Hall–Kier alpha value is -3.53. The molecule has 4 aromatic rings. The van der Waals surface area contributed by atoms with Crippen LogP contribution in [-0.4, -0.2) is 27.6 Å². The smallest absolute Gasteiger partial charge is 0.352 e. The number of benzene rings is 2. The van der Waals surface area contributed by atoms with E-state index in [1.807, 2.05) is 35.7 Å². The second-order valence-corrected chi connectivity index (χ2v) is 7.80. The summed E-state index contributed by atoms with van der Waals surface area (Å²) in [5.41, 5.74) is 2.54. The monoisotopic (exact) mass is 458 g/mol. The van der Waals surface area contributed by atoms with Gasteiger partial charge in [0.1, 0.15) is 0 Å². The van der Waals surface area contributed by atoms with E-state index in [9.17, 15) is 18.0 Å². The van der Waals surface area contributed by atoms with Gasteiger partial charge in [0.2, 0.25) is 5.82 Å². The minimum absolute atomic E-state index is 0.232. The lowest BCUT2D eigenvalue weighted by atomic mass is 10.1. The zero-order valence-electron chi connectivity index (χ0n) is 16.6. The van der Waals surface area contributed by atoms with Gasteiger partial charge in [0.15, 0.2) is 0 Å². The SMILES string of the molecule is O=C(NCCCc1nc(-c2ccccc2)cs1)c1cccc(-c2noc(C(F)(F)F)n2)c1. The normalized spacial score (nSPS) is 11.5. The lowest BCUT2D eigenvalue weighted by Crippen LogP contribution is -2.24. The van der Waals surface area contributed by atoms with Gasteiger partial charge in [-0.05, 0) is 18.6 Å². The van der Waals surface area contributed by atoms with Gasteiger partial charge in [-0.15, -0.1) is 11.3 Å². The van der Waals surface area contributed by atoms with Crippen molar-refractivity contribution in [2.75, 3.05) is 6.54 Å². The average Bonchev–Trinajstić information content (AvgIpc) is 3.47. The first kappa shape index (κ1) is 21.7. The molecule has 6 nitrogen and oxygen atoms in total. The Morgan fingerprint density at radius 2 is 1.81 bits per heavy atom. The number of rotatable bonds is 7. The van der Waals surface area contributed by atoms with Gasteiger partial charge in [-0.1, -0.05) is 47.6 Å². The zero-order valence-corrected chi connectivity index (χ0v) is 17.4. The maximum atomic E-state index is 12.6. The van der Waals surface area contributed by atoms with E-state index < -0.39 is 12.1 Å². The molecule has 0 fully saturated rings. The fraction of sp³-hybridized carbons (Fsp3) is 0.182. The molecule has 0 aliphatic heterocycles. The molecule has 1 N–H and O–H groups in total. The summed E-state index contributed by atoms with van der Waals surface area (Å²) < 4.78 is 42.2. The molecule has 0 saturated heterocycles. The predicted molar refractivity (Wildman–Crippen MR) is 113 cm³/mol. The lowest BCUT2D eigenvalue weighted by Gasteiger charge is -2.05. The number of carbonyl (C=O) groups excluding carboxylic acids is 1. The van der Waals surface area contributed by atoms with Crippen LogP contribution in [-0.2, 0) is 12.6 Å². The molecule has 0 radical (unpaired) electrons. The van der Waals surface area contributed by atoms with E-state index in [0.717, 1.165) is 22.7 Å². The highest BCUT2D eigenvalue weighted by atomic mass is 32.1. The minimum Gasteiger partial charge on any atom is -0.352 e. The number of aromatic nitrogens is 3.